The molecule has 1 nitrogen and oxygen atoms in total. The van der Waals surface area contributed by atoms with Crippen molar-refractivity contribution in [3.63, 3.8) is 0 Å². The molecule has 0 bridgehead atoms. The van der Waals surface area contributed by atoms with E-state index >= 15 is 0 Å². The highest BCUT2D eigenvalue weighted by atomic mass is 32.2. The van der Waals surface area contributed by atoms with Crippen LogP contribution in [0.1, 0.15) is 39.5 Å². The third-order valence-corrected chi connectivity index (χ3v) is 4.46. The largest absolute Gasteiger partial charge is 0.381 e. The summed E-state index contributed by atoms with van der Waals surface area (Å²) in [5.74, 6) is -2.37. The molecule has 1 N–H and O–H groups in total. The number of hydrogen-bond acceptors (Lipinski definition) is 2. The Morgan fingerprint density at radius 2 is 2.05 bits per heavy atom. The zero-order valence-corrected chi connectivity index (χ0v) is 12.3. The molecule has 1 aromatic carbocycles. The second-order valence-corrected chi connectivity index (χ2v) is 7.01. The van der Waals surface area contributed by atoms with Gasteiger partial charge in [-0.1, -0.05) is 44.2 Å². The van der Waals surface area contributed by atoms with E-state index in [0.717, 1.165) is 18.5 Å². The van der Waals surface area contributed by atoms with Crippen molar-refractivity contribution in [1.29, 1.82) is 0 Å². The van der Waals surface area contributed by atoms with E-state index in [1.807, 2.05) is 12.1 Å². The van der Waals surface area contributed by atoms with Crippen molar-refractivity contribution in [2.75, 3.05) is 5.32 Å². The van der Waals surface area contributed by atoms with Crippen LogP contribution in [0.5, 0.6) is 0 Å². The number of halogens is 2. The van der Waals surface area contributed by atoms with Crippen molar-refractivity contribution in [3.8, 4) is 0 Å². The fraction of sp³-hybridized carbons (Fsp3) is 0.600. The molecule has 1 aromatic rings. The van der Waals surface area contributed by atoms with E-state index < -0.39 is 5.76 Å². The number of benzene rings is 1. The Morgan fingerprint density at radius 3 is 2.74 bits per heavy atom. The van der Waals surface area contributed by atoms with Gasteiger partial charge in [0.15, 0.2) is 0 Å². The Morgan fingerprint density at radius 1 is 1.32 bits per heavy atom. The van der Waals surface area contributed by atoms with Crippen molar-refractivity contribution in [1.82, 2.24) is 0 Å². The molecule has 1 aliphatic rings. The smallest absolute Gasteiger partial charge is 0.288 e. The number of anilines is 1. The Hall–Kier alpha value is -0.770. The molecular formula is C15H21F2NS. The summed E-state index contributed by atoms with van der Waals surface area (Å²) in [5, 5.41) is 3.46. The van der Waals surface area contributed by atoms with Gasteiger partial charge in [-0.05, 0) is 36.8 Å². The van der Waals surface area contributed by atoms with E-state index in [9.17, 15) is 8.78 Å². The van der Waals surface area contributed by atoms with Crippen LogP contribution in [0.2, 0.25) is 0 Å². The summed E-state index contributed by atoms with van der Waals surface area (Å²) in [6, 6.07) is 7.74. The van der Waals surface area contributed by atoms with Gasteiger partial charge in [0.05, 0.1) is 0 Å². The van der Waals surface area contributed by atoms with Crippen LogP contribution in [-0.4, -0.2) is 11.8 Å². The van der Waals surface area contributed by atoms with Crippen LogP contribution < -0.4 is 5.32 Å². The highest BCUT2D eigenvalue weighted by Gasteiger charge is 2.28. The van der Waals surface area contributed by atoms with Gasteiger partial charge in [-0.15, -0.1) is 0 Å². The van der Waals surface area contributed by atoms with Crippen molar-refractivity contribution >= 4 is 17.4 Å². The number of thioether (sulfide) groups is 1. The molecule has 106 valence electrons. The lowest BCUT2D eigenvalue weighted by Gasteiger charge is -2.36. The van der Waals surface area contributed by atoms with Gasteiger partial charge in [-0.3, -0.25) is 0 Å². The van der Waals surface area contributed by atoms with Gasteiger partial charge >= 0.3 is 0 Å². The zero-order valence-electron chi connectivity index (χ0n) is 11.5. The molecule has 1 fully saturated rings. The van der Waals surface area contributed by atoms with Crippen molar-refractivity contribution in [2.24, 2.45) is 5.41 Å². The summed E-state index contributed by atoms with van der Waals surface area (Å²) in [7, 11) is 0. The maximum Gasteiger partial charge on any atom is 0.288 e. The molecule has 2 rings (SSSR count). The number of hydrogen-bond donors (Lipinski definition) is 1. The van der Waals surface area contributed by atoms with Gasteiger partial charge in [-0.25, -0.2) is 0 Å². The van der Waals surface area contributed by atoms with Gasteiger partial charge < -0.3 is 5.32 Å². The molecule has 0 radical (unpaired) electrons. The summed E-state index contributed by atoms with van der Waals surface area (Å²) < 4.78 is 25.1. The number of alkyl halides is 2. The van der Waals surface area contributed by atoms with Crippen LogP contribution in [0.3, 0.4) is 0 Å². The molecule has 0 saturated heterocycles. The second-order valence-electron chi connectivity index (χ2n) is 5.98. The molecule has 0 aromatic heterocycles. The van der Waals surface area contributed by atoms with Crippen LogP contribution in [0.15, 0.2) is 29.2 Å². The van der Waals surface area contributed by atoms with Crippen LogP contribution >= 0.6 is 11.8 Å². The molecule has 0 spiro atoms. The second kappa shape index (κ2) is 6.12. The molecule has 19 heavy (non-hydrogen) atoms. The molecule has 1 unspecified atom stereocenters. The summed E-state index contributed by atoms with van der Waals surface area (Å²) >= 11 is 0.618. The van der Waals surface area contributed by atoms with Gasteiger partial charge in [0, 0.05) is 16.6 Å². The molecule has 4 heteroatoms. The van der Waals surface area contributed by atoms with Crippen LogP contribution in [0.25, 0.3) is 0 Å². The highest BCUT2D eigenvalue weighted by molar-refractivity contribution is 7.99. The third-order valence-electron chi connectivity index (χ3n) is 3.67. The number of rotatable bonds is 4. The van der Waals surface area contributed by atoms with Gasteiger partial charge in [0.1, 0.15) is 0 Å². The fourth-order valence-corrected chi connectivity index (χ4v) is 3.43. The molecule has 0 aliphatic heterocycles. The summed E-state index contributed by atoms with van der Waals surface area (Å²) in [6.45, 7) is 4.56. The van der Waals surface area contributed by atoms with Gasteiger partial charge in [-0.2, -0.15) is 8.78 Å². The normalized spacial score (nSPS) is 22.5. The van der Waals surface area contributed by atoms with E-state index in [2.05, 4.69) is 19.2 Å². The predicted octanol–water partition coefficient (Wildman–Crippen LogP) is 5.38. The van der Waals surface area contributed by atoms with E-state index in [0.29, 0.717) is 28.1 Å². The van der Waals surface area contributed by atoms with Crippen LogP contribution in [0, 0.1) is 5.41 Å². The number of para-hydroxylation sites is 1. The first kappa shape index (κ1) is 14.6. The minimum atomic E-state index is -2.37. The predicted molar refractivity (Wildman–Crippen MR) is 78.0 cm³/mol. The van der Waals surface area contributed by atoms with Crippen molar-refractivity contribution in [2.45, 2.75) is 56.2 Å². The number of nitrogens with one attached hydrogen (secondary N) is 1. The zero-order chi connectivity index (χ0) is 13.9. The van der Waals surface area contributed by atoms with Crippen molar-refractivity contribution < 1.29 is 8.78 Å². The van der Waals surface area contributed by atoms with Crippen molar-refractivity contribution in [3.05, 3.63) is 24.3 Å². The van der Waals surface area contributed by atoms with Gasteiger partial charge in [0.2, 0.25) is 0 Å². The minimum absolute atomic E-state index is 0.348. The maximum atomic E-state index is 12.5. The molecule has 1 atom stereocenters. The molecule has 1 aliphatic carbocycles. The summed E-state index contributed by atoms with van der Waals surface area (Å²) in [5.41, 5.74) is 1.19. The Bertz CT molecular complexity index is 420. The van der Waals surface area contributed by atoms with E-state index in [1.165, 1.54) is 12.8 Å². The van der Waals surface area contributed by atoms with E-state index in [1.54, 1.807) is 12.1 Å². The highest BCUT2D eigenvalue weighted by Crippen LogP contribution is 2.38. The SMILES string of the molecule is CC1(C)CCCC(Nc2ccccc2SC(F)F)C1. The van der Waals surface area contributed by atoms with Crippen LogP contribution in [0.4, 0.5) is 14.5 Å². The van der Waals surface area contributed by atoms with E-state index in [4.69, 9.17) is 0 Å². The molecule has 1 saturated carbocycles. The lowest BCUT2D eigenvalue weighted by molar-refractivity contribution is 0.229. The quantitative estimate of drug-likeness (QED) is 0.745. The standard InChI is InChI=1S/C15H21F2NS/c1-15(2)9-5-6-11(10-15)18-12-7-3-4-8-13(12)19-14(16)17/h3-4,7-8,11,14,18H,5-6,9-10H2,1-2H3. The lowest BCUT2D eigenvalue weighted by atomic mass is 9.75. The Labute approximate surface area is 118 Å². The first-order valence-electron chi connectivity index (χ1n) is 6.77. The Kier molecular flexibility index (Phi) is 4.71. The average molecular weight is 285 g/mol. The summed E-state index contributed by atoms with van der Waals surface area (Å²) in [6.07, 6.45) is 4.67. The van der Waals surface area contributed by atoms with Crippen LogP contribution in [-0.2, 0) is 0 Å². The van der Waals surface area contributed by atoms with E-state index in [-0.39, 0.29) is 0 Å². The minimum Gasteiger partial charge on any atom is -0.381 e. The lowest BCUT2D eigenvalue weighted by Crippen LogP contribution is -2.31. The first-order valence-corrected chi connectivity index (χ1v) is 7.65. The third kappa shape index (κ3) is 4.37. The molecule has 0 amide bonds. The van der Waals surface area contributed by atoms with Gasteiger partial charge in [0.25, 0.3) is 5.76 Å². The fourth-order valence-electron chi connectivity index (χ4n) is 2.83. The average Bonchev–Trinajstić information content (AvgIpc) is 2.30. The topological polar surface area (TPSA) is 12.0 Å². The molecule has 0 heterocycles. The maximum absolute atomic E-state index is 12.5. The molecular weight excluding hydrogens is 264 g/mol. The first-order chi connectivity index (χ1) is 8.96. The Balaban J connectivity index is 2.06. The summed E-state index contributed by atoms with van der Waals surface area (Å²) in [4.78, 5) is 0.640. The monoisotopic (exact) mass is 285 g/mol.